The molecule has 2 rings (SSSR count). The van der Waals surface area contributed by atoms with Gasteiger partial charge in [0.05, 0.1) is 11.3 Å². The van der Waals surface area contributed by atoms with Crippen molar-refractivity contribution in [1.29, 1.82) is 0 Å². The number of anilines is 2. The number of amides is 1. The van der Waals surface area contributed by atoms with E-state index in [1.807, 2.05) is 37.3 Å². The van der Waals surface area contributed by atoms with Gasteiger partial charge in [-0.05, 0) is 31.5 Å². The minimum Gasteiger partial charge on any atom is -0.384 e. The lowest BCUT2D eigenvalue weighted by molar-refractivity contribution is 0.102. The molecule has 0 fully saturated rings. The zero-order valence-electron chi connectivity index (χ0n) is 13.2. The third-order valence-corrected chi connectivity index (χ3v) is 3.42. The third kappa shape index (κ3) is 4.88. The van der Waals surface area contributed by atoms with Gasteiger partial charge in [-0.25, -0.2) is 0 Å². The first-order chi connectivity index (χ1) is 10.7. The van der Waals surface area contributed by atoms with Crippen LogP contribution in [0.3, 0.4) is 0 Å². The number of aryl methyl sites for hydroxylation is 1. The molecular formula is C18H23N3O. The molecule has 116 valence electrons. The third-order valence-electron chi connectivity index (χ3n) is 3.42. The Hall–Kier alpha value is -2.36. The molecule has 0 aliphatic rings. The van der Waals surface area contributed by atoms with Gasteiger partial charge in [-0.2, -0.15) is 0 Å². The molecule has 0 unspecified atom stereocenters. The van der Waals surface area contributed by atoms with Crippen LogP contribution < -0.4 is 10.6 Å². The van der Waals surface area contributed by atoms with Gasteiger partial charge in [0, 0.05) is 24.6 Å². The number of unbranched alkanes of at least 4 members (excludes halogenated alkanes) is 2. The molecule has 1 aromatic heterocycles. The number of nitrogens with one attached hydrogen (secondary N) is 2. The van der Waals surface area contributed by atoms with Crippen molar-refractivity contribution in [3.8, 4) is 0 Å². The fourth-order valence-corrected chi connectivity index (χ4v) is 2.11. The van der Waals surface area contributed by atoms with Crippen LogP contribution in [-0.4, -0.2) is 17.4 Å². The summed E-state index contributed by atoms with van der Waals surface area (Å²) in [5.74, 6) is -0.145. The van der Waals surface area contributed by atoms with E-state index in [1.54, 1.807) is 12.4 Å². The lowest BCUT2D eigenvalue weighted by Crippen LogP contribution is -2.13. The van der Waals surface area contributed by atoms with E-state index in [4.69, 9.17) is 0 Å². The Morgan fingerprint density at radius 1 is 1.09 bits per heavy atom. The second-order valence-electron chi connectivity index (χ2n) is 5.42. The van der Waals surface area contributed by atoms with Crippen LogP contribution in [0.1, 0.15) is 42.1 Å². The van der Waals surface area contributed by atoms with Crippen LogP contribution in [0.2, 0.25) is 0 Å². The van der Waals surface area contributed by atoms with Crippen LogP contribution >= 0.6 is 0 Å². The summed E-state index contributed by atoms with van der Waals surface area (Å²) in [5, 5.41) is 6.19. The molecule has 4 nitrogen and oxygen atoms in total. The number of carbonyl (C=O) groups excluding carboxylic acids is 1. The number of rotatable bonds is 7. The molecule has 0 radical (unpaired) electrons. The summed E-state index contributed by atoms with van der Waals surface area (Å²) in [4.78, 5) is 16.4. The van der Waals surface area contributed by atoms with E-state index >= 15 is 0 Å². The maximum atomic E-state index is 12.2. The predicted octanol–water partition coefficient (Wildman–Crippen LogP) is 4.24. The Labute approximate surface area is 132 Å². The summed E-state index contributed by atoms with van der Waals surface area (Å²) in [6, 6.07) is 9.57. The molecular weight excluding hydrogens is 274 g/mol. The minimum atomic E-state index is -0.145. The number of pyridine rings is 1. The summed E-state index contributed by atoms with van der Waals surface area (Å²) in [7, 11) is 0. The van der Waals surface area contributed by atoms with Crippen molar-refractivity contribution in [2.75, 3.05) is 17.2 Å². The first kappa shape index (κ1) is 16.0. The minimum absolute atomic E-state index is 0.145. The van der Waals surface area contributed by atoms with Crippen LogP contribution in [0.25, 0.3) is 0 Å². The average Bonchev–Trinajstić information content (AvgIpc) is 2.54. The van der Waals surface area contributed by atoms with E-state index in [0.717, 1.165) is 29.9 Å². The molecule has 4 heteroatoms. The second-order valence-corrected chi connectivity index (χ2v) is 5.42. The van der Waals surface area contributed by atoms with Crippen molar-refractivity contribution in [1.82, 2.24) is 4.98 Å². The van der Waals surface area contributed by atoms with Crippen LogP contribution in [0, 0.1) is 6.92 Å². The summed E-state index contributed by atoms with van der Waals surface area (Å²) in [6.07, 6.45) is 6.85. The molecule has 0 atom stereocenters. The smallest absolute Gasteiger partial charge is 0.257 e. The fraction of sp³-hybridized carbons (Fsp3) is 0.333. The monoisotopic (exact) mass is 297 g/mol. The second kappa shape index (κ2) is 8.17. The van der Waals surface area contributed by atoms with Crippen LogP contribution in [0.15, 0.2) is 42.7 Å². The van der Waals surface area contributed by atoms with Crippen molar-refractivity contribution in [2.24, 2.45) is 0 Å². The van der Waals surface area contributed by atoms with E-state index < -0.39 is 0 Å². The first-order valence-corrected chi connectivity index (χ1v) is 7.76. The summed E-state index contributed by atoms with van der Waals surface area (Å²) in [6.45, 7) is 5.10. The lowest BCUT2D eigenvalue weighted by atomic mass is 10.2. The Kier molecular flexibility index (Phi) is 5.95. The van der Waals surface area contributed by atoms with Crippen molar-refractivity contribution in [3.63, 3.8) is 0 Å². The Bertz CT molecular complexity index is 608. The Balaban J connectivity index is 1.96. The largest absolute Gasteiger partial charge is 0.384 e. The summed E-state index contributed by atoms with van der Waals surface area (Å²) >= 11 is 0. The molecule has 0 aliphatic heterocycles. The van der Waals surface area contributed by atoms with E-state index in [1.165, 1.54) is 12.8 Å². The predicted molar refractivity (Wildman–Crippen MR) is 91.4 cm³/mol. The van der Waals surface area contributed by atoms with Crippen molar-refractivity contribution in [2.45, 2.75) is 33.1 Å². The summed E-state index contributed by atoms with van der Waals surface area (Å²) in [5.41, 5.74) is 3.39. The Morgan fingerprint density at radius 3 is 2.59 bits per heavy atom. The molecule has 1 amide bonds. The van der Waals surface area contributed by atoms with Gasteiger partial charge in [0.25, 0.3) is 5.91 Å². The van der Waals surface area contributed by atoms with Crippen molar-refractivity contribution < 1.29 is 4.79 Å². The maximum absolute atomic E-state index is 12.2. The van der Waals surface area contributed by atoms with Crippen LogP contribution in [0.5, 0.6) is 0 Å². The molecule has 0 saturated heterocycles. The zero-order chi connectivity index (χ0) is 15.8. The van der Waals surface area contributed by atoms with Crippen molar-refractivity contribution >= 4 is 17.3 Å². The van der Waals surface area contributed by atoms with Crippen molar-refractivity contribution in [3.05, 3.63) is 53.9 Å². The van der Waals surface area contributed by atoms with E-state index in [-0.39, 0.29) is 5.91 Å². The van der Waals surface area contributed by atoms with Gasteiger partial charge in [-0.3, -0.25) is 9.78 Å². The quantitative estimate of drug-likeness (QED) is 0.751. The molecule has 22 heavy (non-hydrogen) atoms. The summed E-state index contributed by atoms with van der Waals surface area (Å²) < 4.78 is 0. The zero-order valence-corrected chi connectivity index (χ0v) is 13.2. The standard InChI is InChI=1S/C18H23N3O/c1-3-4-5-10-20-17-11-15(12-19-13-17)18(22)21-16-8-6-14(2)7-9-16/h6-9,11-13,20H,3-5,10H2,1-2H3,(H,21,22). The highest BCUT2D eigenvalue weighted by Crippen LogP contribution is 2.13. The van der Waals surface area contributed by atoms with Gasteiger partial charge in [-0.15, -0.1) is 0 Å². The molecule has 0 aliphatic carbocycles. The molecule has 1 aromatic carbocycles. The number of carbonyl (C=O) groups is 1. The van der Waals surface area contributed by atoms with Gasteiger partial charge in [0.2, 0.25) is 0 Å². The van der Waals surface area contributed by atoms with Gasteiger partial charge in [0.1, 0.15) is 0 Å². The molecule has 0 spiro atoms. The number of aromatic nitrogens is 1. The number of hydrogen-bond acceptors (Lipinski definition) is 3. The topological polar surface area (TPSA) is 54.0 Å². The SMILES string of the molecule is CCCCCNc1cncc(C(=O)Nc2ccc(C)cc2)c1. The first-order valence-electron chi connectivity index (χ1n) is 7.76. The van der Waals surface area contributed by atoms with Crippen LogP contribution in [0.4, 0.5) is 11.4 Å². The fourth-order valence-electron chi connectivity index (χ4n) is 2.11. The van der Waals surface area contributed by atoms with E-state index in [9.17, 15) is 4.79 Å². The van der Waals surface area contributed by atoms with Gasteiger partial charge in [0.15, 0.2) is 0 Å². The molecule has 1 heterocycles. The number of benzene rings is 1. The molecule has 2 N–H and O–H groups in total. The highest BCUT2D eigenvalue weighted by atomic mass is 16.1. The molecule has 0 saturated carbocycles. The average molecular weight is 297 g/mol. The van der Waals surface area contributed by atoms with Gasteiger partial charge < -0.3 is 10.6 Å². The van der Waals surface area contributed by atoms with E-state index in [0.29, 0.717) is 5.56 Å². The normalized spacial score (nSPS) is 10.3. The molecule has 2 aromatic rings. The van der Waals surface area contributed by atoms with E-state index in [2.05, 4.69) is 22.5 Å². The lowest BCUT2D eigenvalue weighted by Gasteiger charge is -2.08. The Morgan fingerprint density at radius 2 is 1.86 bits per heavy atom. The number of nitrogens with zero attached hydrogens (tertiary/aromatic N) is 1. The molecule has 0 bridgehead atoms. The van der Waals surface area contributed by atoms with Gasteiger partial charge in [-0.1, -0.05) is 37.5 Å². The highest BCUT2D eigenvalue weighted by Gasteiger charge is 2.07. The highest BCUT2D eigenvalue weighted by molar-refractivity contribution is 6.04. The van der Waals surface area contributed by atoms with Crippen LogP contribution in [-0.2, 0) is 0 Å². The van der Waals surface area contributed by atoms with Gasteiger partial charge >= 0.3 is 0 Å². The maximum Gasteiger partial charge on any atom is 0.257 e. The number of hydrogen-bond donors (Lipinski definition) is 2.